The first-order valence-corrected chi connectivity index (χ1v) is 16.2. The zero-order valence-corrected chi connectivity index (χ0v) is 27.9. The summed E-state index contributed by atoms with van der Waals surface area (Å²) in [5.41, 5.74) is 12.7. The van der Waals surface area contributed by atoms with Gasteiger partial charge in [0.15, 0.2) is 5.82 Å². The predicted molar refractivity (Wildman–Crippen MR) is 184 cm³/mol. The lowest BCUT2D eigenvalue weighted by Gasteiger charge is -2.30. The lowest BCUT2D eigenvalue weighted by molar-refractivity contribution is -0.0901. The molecule has 248 valence electrons. The average Bonchev–Trinajstić information content (AvgIpc) is 3.50. The molecule has 0 amide bonds. The monoisotopic (exact) mass is 669 g/mol. The minimum atomic E-state index is -0.461. The fraction of sp³-hybridized carbons (Fsp3) is 0.343. The van der Waals surface area contributed by atoms with Gasteiger partial charge in [-0.15, -0.1) is 5.10 Å². The third-order valence-electron chi connectivity index (χ3n) is 9.41. The summed E-state index contributed by atoms with van der Waals surface area (Å²) in [4.78, 5) is 30.5. The number of hydrogen-bond donors (Lipinski definition) is 2. The van der Waals surface area contributed by atoms with Gasteiger partial charge in [-0.1, -0.05) is 41.9 Å². The molecule has 1 aliphatic carbocycles. The highest BCUT2D eigenvalue weighted by atomic mass is 35.5. The van der Waals surface area contributed by atoms with E-state index in [0.717, 1.165) is 44.4 Å². The Morgan fingerprint density at radius 3 is 2.62 bits per heavy atom. The molecule has 2 aliphatic rings. The minimum Gasteiger partial charge on any atom is -0.481 e. The first-order chi connectivity index (χ1) is 23.2. The summed E-state index contributed by atoms with van der Waals surface area (Å²) < 4.78 is 20.2. The van der Waals surface area contributed by atoms with Gasteiger partial charge in [0.25, 0.3) is 5.56 Å². The van der Waals surface area contributed by atoms with Crippen LogP contribution in [0.5, 0.6) is 5.88 Å². The number of benzene rings is 2. The number of halogens is 1. The van der Waals surface area contributed by atoms with E-state index in [-0.39, 0.29) is 29.5 Å². The van der Waals surface area contributed by atoms with Crippen molar-refractivity contribution < 1.29 is 14.2 Å². The molecule has 3 N–H and O–H groups in total. The maximum absolute atomic E-state index is 13.1. The topological polar surface area (TPSA) is 148 Å². The molecular formula is C35H36ClN7O5. The van der Waals surface area contributed by atoms with Crippen molar-refractivity contribution in [1.82, 2.24) is 24.3 Å². The van der Waals surface area contributed by atoms with E-state index in [0.29, 0.717) is 53.9 Å². The highest BCUT2D eigenvalue weighted by Crippen LogP contribution is 2.41. The van der Waals surface area contributed by atoms with Gasteiger partial charge in [0.05, 0.1) is 48.4 Å². The molecule has 4 heterocycles. The first-order valence-electron chi connectivity index (χ1n) is 15.8. The van der Waals surface area contributed by atoms with Crippen LogP contribution in [0.4, 0.5) is 11.5 Å². The van der Waals surface area contributed by atoms with Crippen LogP contribution in [-0.4, -0.2) is 62.9 Å². The summed E-state index contributed by atoms with van der Waals surface area (Å²) in [5.74, 6) is 0.806. The Labute approximate surface area is 281 Å². The first kappa shape index (κ1) is 32.0. The number of aryl methyl sites for hydroxylation is 1. The van der Waals surface area contributed by atoms with E-state index < -0.39 is 11.2 Å². The number of aromatic nitrogens is 5. The Morgan fingerprint density at radius 2 is 1.83 bits per heavy atom. The Bertz CT molecular complexity index is 2180. The third kappa shape index (κ3) is 5.54. The zero-order valence-electron chi connectivity index (χ0n) is 27.1. The van der Waals surface area contributed by atoms with Crippen molar-refractivity contribution in [1.29, 1.82) is 0 Å². The van der Waals surface area contributed by atoms with Crippen LogP contribution in [0, 0.1) is 6.92 Å². The van der Waals surface area contributed by atoms with Crippen LogP contribution in [0.2, 0.25) is 5.02 Å². The molecule has 5 aromatic rings. The van der Waals surface area contributed by atoms with Gasteiger partial charge < -0.3 is 25.3 Å². The zero-order chi connectivity index (χ0) is 33.7. The van der Waals surface area contributed by atoms with Gasteiger partial charge in [-0.05, 0) is 48.6 Å². The smallest absolute Gasteiger partial charge is 0.330 e. The average molecular weight is 670 g/mol. The van der Waals surface area contributed by atoms with Gasteiger partial charge in [-0.25, -0.2) is 9.78 Å². The highest BCUT2D eigenvalue weighted by molar-refractivity contribution is 6.36. The number of ether oxygens (including phenoxy) is 3. The summed E-state index contributed by atoms with van der Waals surface area (Å²) in [7, 11) is 4.66. The van der Waals surface area contributed by atoms with Crippen LogP contribution in [-0.2, 0) is 36.4 Å². The molecule has 1 aliphatic heterocycles. The summed E-state index contributed by atoms with van der Waals surface area (Å²) in [6, 6.07) is 13.7. The normalized spacial score (nSPS) is 19.0. The molecule has 1 fully saturated rings. The van der Waals surface area contributed by atoms with Crippen LogP contribution < -0.4 is 27.0 Å². The van der Waals surface area contributed by atoms with Crippen LogP contribution in [0.15, 0.2) is 58.3 Å². The maximum atomic E-state index is 13.1. The van der Waals surface area contributed by atoms with Crippen molar-refractivity contribution in [2.45, 2.75) is 44.4 Å². The largest absolute Gasteiger partial charge is 0.481 e. The van der Waals surface area contributed by atoms with Gasteiger partial charge >= 0.3 is 5.69 Å². The second-order valence-electron chi connectivity index (χ2n) is 12.3. The molecule has 48 heavy (non-hydrogen) atoms. The highest BCUT2D eigenvalue weighted by Gasteiger charge is 2.32. The Hall–Kier alpha value is -4.62. The van der Waals surface area contributed by atoms with Crippen molar-refractivity contribution in [2.24, 2.45) is 19.8 Å². The molecule has 2 aromatic carbocycles. The molecule has 3 atom stereocenters. The minimum absolute atomic E-state index is 0.0418. The summed E-state index contributed by atoms with van der Waals surface area (Å²) in [5, 5.41) is 12.4. The predicted octanol–water partition coefficient (Wildman–Crippen LogP) is 4.07. The van der Waals surface area contributed by atoms with Crippen molar-refractivity contribution >= 4 is 34.0 Å². The van der Waals surface area contributed by atoms with Crippen LogP contribution in [0.25, 0.3) is 33.3 Å². The third-order valence-corrected chi connectivity index (χ3v) is 9.82. The number of nitrogens with one attached hydrogen (secondary N) is 1. The van der Waals surface area contributed by atoms with Crippen LogP contribution in [0.3, 0.4) is 0 Å². The molecule has 0 saturated carbocycles. The SMILES string of the molecule is COc1nc(-c2cccc(-c3cccc(Nc4nncc5c4c(=O)n(C)c(=O)n5C)c3C)c2Cl)cc2c1CC(O[C@@H]1COCC[C@@H]1N)C2. The van der Waals surface area contributed by atoms with E-state index in [1.54, 1.807) is 14.2 Å². The molecule has 7 rings (SSSR count). The lowest BCUT2D eigenvalue weighted by Crippen LogP contribution is -2.46. The quantitative estimate of drug-likeness (QED) is 0.260. The fourth-order valence-electron chi connectivity index (χ4n) is 6.70. The molecule has 13 heteroatoms. The summed E-state index contributed by atoms with van der Waals surface area (Å²) in [6.07, 6.45) is 3.41. The van der Waals surface area contributed by atoms with E-state index >= 15 is 0 Å². The fourth-order valence-corrected chi connectivity index (χ4v) is 7.03. The molecule has 1 saturated heterocycles. The molecule has 1 unspecified atom stereocenters. The van der Waals surface area contributed by atoms with Gasteiger partial charge in [0.1, 0.15) is 5.39 Å². The molecule has 12 nitrogen and oxygen atoms in total. The van der Waals surface area contributed by atoms with Crippen molar-refractivity contribution in [3.05, 3.63) is 91.2 Å². The number of rotatable bonds is 7. The van der Waals surface area contributed by atoms with Crippen molar-refractivity contribution in [2.75, 3.05) is 25.6 Å². The Balaban J connectivity index is 1.22. The number of hydrogen-bond acceptors (Lipinski definition) is 10. The number of methoxy groups -OCH3 is 1. The molecule has 0 bridgehead atoms. The molecular weight excluding hydrogens is 634 g/mol. The molecule has 3 aromatic heterocycles. The van der Waals surface area contributed by atoms with Gasteiger partial charge in [-0.3, -0.25) is 13.9 Å². The second kappa shape index (κ2) is 12.8. The molecule has 0 radical (unpaired) electrons. The van der Waals surface area contributed by atoms with E-state index in [9.17, 15) is 9.59 Å². The van der Waals surface area contributed by atoms with E-state index in [2.05, 4.69) is 21.6 Å². The standard InChI is InChI=1S/C35H36ClN7O5/c1-18-21(7-6-10-26(18)39-32-30-28(16-38-41-32)42(2)35(45)43(3)34(30)44)22-8-5-9-23(31(22)36)27-14-19-13-20(15-24(19)33(40-27)46-4)48-29-17-47-12-11-25(29)37/h5-10,14,16,20,25,29H,11-13,15,17,37H2,1-4H3,(H,39,41)/t20?,25-,29+/m0/s1. The van der Waals surface area contributed by atoms with Crippen LogP contribution in [0.1, 0.15) is 23.1 Å². The number of nitrogens with two attached hydrogens (primary N) is 1. The Morgan fingerprint density at radius 1 is 1.06 bits per heavy atom. The summed E-state index contributed by atoms with van der Waals surface area (Å²) >= 11 is 7.18. The number of anilines is 2. The number of nitrogens with zero attached hydrogens (tertiary/aromatic N) is 5. The van der Waals surface area contributed by atoms with Crippen molar-refractivity contribution in [3.8, 4) is 28.3 Å². The Kier molecular flexibility index (Phi) is 8.50. The number of fused-ring (bicyclic) bond motifs is 2. The molecule has 0 spiro atoms. The van der Waals surface area contributed by atoms with Gasteiger partial charge in [-0.2, -0.15) is 5.10 Å². The van der Waals surface area contributed by atoms with E-state index in [1.807, 2.05) is 43.3 Å². The maximum Gasteiger partial charge on any atom is 0.330 e. The van der Waals surface area contributed by atoms with Crippen LogP contribution >= 0.6 is 11.6 Å². The van der Waals surface area contributed by atoms with E-state index in [4.69, 9.17) is 36.5 Å². The van der Waals surface area contributed by atoms with Crippen molar-refractivity contribution in [3.63, 3.8) is 0 Å². The number of pyridine rings is 1. The van der Waals surface area contributed by atoms with Gasteiger partial charge in [0.2, 0.25) is 5.88 Å². The van der Waals surface area contributed by atoms with E-state index in [1.165, 1.54) is 17.8 Å². The second-order valence-corrected chi connectivity index (χ2v) is 12.7. The van der Waals surface area contributed by atoms with Gasteiger partial charge in [0, 0.05) is 55.5 Å². The summed E-state index contributed by atoms with van der Waals surface area (Å²) in [6.45, 7) is 3.13. The lowest BCUT2D eigenvalue weighted by atomic mass is 9.96.